The number of rotatable bonds is 6. The van der Waals surface area contributed by atoms with E-state index in [2.05, 4.69) is 5.32 Å². The summed E-state index contributed by atoms with van der Waals surface area (Å²) in [7, 11) is 1.54. The third-order valence-electron chi connectivity index (χ3n) is 2.81. The third kappa shape index (κ3) is 4.08. The summed E-state index contributed by atoms with van der Waals surface area (Å²) in [5.74, 6) is 0.127. The number of aliphatic hydroxyl groups excluding tert-OH is 1. The zero-order chi connectivity index (χ0) is 12.0. The fraction of sp³-hybridized carbons (Fsp3) is 0.909. The molecule has 1 aliphatic rings. The van der Waals surface area contributed by atoms with Gasteiger partial charge in [0.25, 0.3) is 0 Å². The number of ether oxygens (including phenoxy) is 1. The average molecular weight is 230 g/mol. The summed E-state index contributed by atoms with van der Waals surface area (Å²) < 4.78 is 4.81. The number of hydrogen-bond donors (Lipinski definition) is 2. The van der Waals surface area contributed by atoms with Crippen LogP contribution in [0.3, 0.4) is 0 Å². The standard InChI is InChI=1S/C11H22N2O3/c1-9(12-7-10(14)8-16-2)11(15)13-5-3-4-6-13/h9-10,12,14H,3-8H2,1-2H3. The second-order valence-corrected chi connectivity index (χ2v) is 4.27. The zero-order valence-electron chi connectivity index (χ0n) is 10.1. The molecule has 2 N–H and O–H groups in total. The highest BCUT2D eigenvalue weighted by Gasteiger charge is 2.23. The number of nitrogens with zero attached hydrogens (tertiary/aromatic N) is 1. The molecule has 2 atom stereocenters. The maximum atomic E-state index is 11.9. The maximum absolute atomic E-state index is 11.9. The van der Waals surface area contributed by atoms with Gasteiger partial charge in [-0.05, 0) is 19.8 Å². The monoisotopic (exact) mass is 230 g/mol. The number of aliphatic hydroxyl groups is 1. The van der Waals surface area contributed by atoms with Crippen LogP contribution < -0.4 is 5.32 Å². The Morgan fingerprint density at radius 3 is 2.69 bits per heavy atom. The fourth-order valence-corrected chi connectivity index (χ4v) is 1.86. The lowest BCUT2D eigenvalue weighted by Gasteiger charge is -2.22. The first-order valence-corrected chi connectivity index (χ1v) is 5.84. The SMILES string of the molecule is COCC(O)CNC(C)C(=O)N1CCCC1. The Morgan fingerprint density at radius 2 is 2.12 bits per heavy atom. The van der Waals surface area contributed by atoms with Crippen LogP contribution in [0.4, 0.5) is 0 Å². The molecular weight excluding hydrogens is 208 g/mol. The first-order chi connectivity index (χ1) is 7.65. The smallest absolute Gasteiger partial charge is 0.239 e. The summed E-state index contributed by atoms with van der Waals surface area (Å²) in [6, 6.07) is -0.232. The Labute approximate surface area is 96.8 Å². The molecule has 2 unspecified atom stereocenters. The molecule has 0 bridgehead atoms. The zero-order valence-corrected chi connectivity index (χ0v) is 10.1. The molecule has 0 aromatic heterocycles. The Balaban J connectivity index is 2.22. The maximum Gasteiger partial charge on any atom is 0.239 e. The average Bonchev–Trinajstić information content (AvgIpc) is 2.78. The van der Waals surface area contributed by atoms with Crippen molar-refractivity contribution in [3.63, 3.8) is 0 Å². The summed E-state index contributed by atoms with van der Waals surface area (Å²) in [6.45, 7) is 4.24. The molecule has 1 heterocycles. The molecule has 1 amide bonds. The molecule has 5 heteroatoms. The van der Waals surface area contributed by atoms with Gasteiger partial charge in [-0.3, -0.25) is 4.79 Å². The van der Waals surface area contributed by atoms with Crippen molar-refractivity contribution in [3.05, 3.63) is 0 Å². The van der Waals surface area contributed by atoms with E-state index in [-0.39, 0.29) is 18.6 Å². The Morgan fingerprint density at radius 1 is 1.50 bits per heavy atom. The summed E-state index contributed by atoms with van der Waals surface area (Å²) in [4.78, 5) is 13.7. The van der Waals surface area contributed by atoms with Crippen LogP contribution in [0.5, 0.6) is 0 Å². The minimum atomic E-state index is -0.557. The molecule has 1 aliphatic heterocycles. The van der Waals surface area contributed by atoms with E-state index in [0.717, 1.165) is 25.9 Å². The van der Waals surface area contributed by atoms with Crippen molar-refractivity contribution in [1.82, 2.24) is 10.2 Å². The Hall–Kier alpha value is -0.650. The van der Waals surface area contributed by atoms with Crippen molar-refractivity contribution in [2.45, 2.75) is 31.9 Å². The van der Waals surface area contributed by atoms with Gasteiger partial charge < -0.3 is 20.1 Å². The normalized spacial score (nSPS) is 19.8. The molecule has 1 saturated heterocycles. The highest BCUT2D eigenvalue weighted by atomic mass is 16.5. The Kier molecular flexibility index (Phi) is 5.73. The molecule has 0 saturated carbocycles. The number of carbonyl (C=O) groups is 1. The second-order valence-electron chi connectivity index (χ2n) is 4.27. The van der Waals surface area contributed by atoms with E-state index < -0.39 is 6.10 Å². The number of carbonyl (C=O) groups excluding carboxylic acids is 1. The van der Waals surface area contributed by atoms with Crippen LogP contribution in [0, 0.1) is 0 Å². The van der Waals surface area contributed by atoms with E-state index in [1.54, 1.807) is 7.11 Å². The largest absolute Gasteiger partial charge is 0.389 e. The van der Waals surface area contributed by atoms with Crippen molar-refractivity contribution in [3.8, 4) is 0 Å². The van der Waals surface area contributed by atoms with Crippen molar-refractivity contribution in [2.75, 3.05) is 33.4 Å². The summed E-state index contributed by atoms with van der Waals surface area (Å²) in [5, 5.41) is 12.5. The minimum absolute atomic E-state index is 0.127. The number of methoxy groups -OCH3 is 1. The van der Waals surface area contributed by atoms with Crippen molar-refractivity contribution in [2.24, 2.45) is 0 Å². The molecule has 1 fully saturated rings. The molecule has 0 aliphatic carbocycles. The molecule has 0 aromatic rings. The van der Waals surface area contributed by atoms with Gasteiger partial charge in [-0.25, -0.2) is 0 Å². The van der Waals surface area contributed by atoms with Crippen molar-refractivity contribution in [1.29, 1.82) is 0 Å². The van der Waals surface area contributed by atoms with E-state index in [1.807, 2.05) is 11.8 Å². The van der Waals surface area contributed by atoms with E-state index in [1.165, 1.54) is 0 Å². The van der Waals surface area contributed by atoms with Gasteiger partial charge in [0.15, 0.2) is 0 Å². The van der Waals surface area contributed by atoms with E-state index in [0.29, 0.717) is 6.54 Å². The van der Waals surface area contributed by atoms with Crippen molar-refractivity contribution < 1.29 is 14.6 Å². The van der Waals surface area contributed by atoms with Crippen LogP contribution in [-0.2, 0) is 9.53 Å². The first kappa shape index (κ1) is 13.4. The third-order valence-corrected chi connectivity index (χ3v) is 2.81. The first-order valence-electron chi connectivity index (χ1n) is 5.84. The van der Waals surface area contributed by atoms with Crippen LogP contribution in [0.15, 0.2) is 0 Å². The molecule has 16 heavy (non-hydrogen) atoms. The lowest BCUT2D eigenvalue weighted by atomic mass is 10.2. The van der Waals surface area contributed by atoms with Gasteiger partial charge in [0.2, 0.25) is 5.91 Å². The highest BCUT2D eigenvalue weighted by molar-refractivity contribution is 5.81. The van der Waals surface area contributed by atoms with Gasteiger partial charge in [0.05, 0.1) is 18.8 Å². The summed E-state index contributed by atoms with van der Waals surface area (Å²) in [5.41, 5.74) is 0. The fourth-order valence-electron chi connectivity index (χ4n) is 1.86. The number of amides is 1. The van der Waals surface area contributed by atoms with E-state index in [4.69, 9.17) is 4.74 Å². The summed E-state index contributed by atoms with van der Waals surface area (Å²) in [6.07, 6.45) is 1.65. The molecule has 94 valence electrons. The quantitative estimate of drug-likeness (QED) is 0.651. The van der Waals surface area contributed by atoms with Crippen LogP contribution in [0.25, 0.3) is 0 Å². The van der Waals surface area contributed by atoms with E-state index >= 15 is 0 Å². The topological polar surface area (TPSA) is 61.8 Å². The number of nitrogens with one attached hydrogen (secondary N) is 1. The predicted octanol–water partition coefficient (Wildman–Crippen LogP) is -0.406. The van der Waals surface area contributed by atoms with Crippen LogP contribution in [0.2, 0.25) is 0 Å². The Bertz CT molecular complexity index is 217. The van der Waals surface area contributed by atoms with Crippen molar-refractivity contribution >= 4 is 5.91 Å². The van der Waals surface area contributed by atoms with Crippen LogP contribution >= 0.6 is 0 Å². The predicted molar refractivity (Wildman–Crippen MR) is 61.2 cm³/mol. The number of hydrogen-bond acceptors (Lipinski definition) is 4. The van der Waals surface area contributed by atoms with Gasteiger partial charge in [-0.1, -0.05) is 0 Å². The van der Waals surface area contributed by atoms with E-state index in [9.17, 15) is 9.90 Å². The molecular formula is C11H22N2O3. The molecule has 0 aromatic carbocycles. The van der Waals surface area contributed by atoms with Gasteiger partial charge in [-0.2, -0.15) is 0 Å². The minimum Gasteiger partial charge on any atom is -0.389 e. The summed E-state index contributed by atoms with van der Waals surface area (Å²) >= 11 is 0. The van der Waals surface area contributed by atoms with Gasteiger partial charge in [-0.15, -0.1) is 0 Å². The lowest BCUT2D eigenvalue weighted by Crippen LogP contribution is -2.46. The molecule has 0 spiro atoms. The van der Waals surface area contributed by atoms with Crippen LogP contribution in [0.1, 0.15) is 19.8 Å². The number of likely N-dealkylation sites (tertiary alicyclic amines) is 1. The van der Waals surface area contributed by atoms with Gasteiger partial charge in [0.1, 0.15) is 0 Å². The second kappa shape index (κ2) is 6.83. The van der Waals surface area contributed by atoms with Gasteiger partial charge >= 0.3 is 0 Å². The molecule has 5 nitrogen and oxygen atoms in total. The molecule has 1 rings (SSSR count). The van der Waals surface area contributed by atoms with Crippen LogP contribution in [-0.4, -0.2) is 61.4 Å². The van der Waals surface area contributed by atoms with Gasteiger partial charge in [0, 0.05) is 26.7 Å². The molecule has 0 radical (unpaired) electrons. The lowest BCUT2D eigenvalue weighted by molar-refractivity contribution is -0.132. The highest BCUT2D eigenvalue weighted by Crippen LogP contribution is 2.08.